The van der Waals surface area contributed by atoms with Crippen molar-refractivity contribution in [2.75, 3.05) is 6.54 Å². The van der Waals surface area contributed by atoms with Gasteiger partial charge in [0, 0.05) is 30.1 Å². The summed E-state index contributed by atoms with van der Waals surface area (Å²) < 4.78 is 27.7. The summed E-state index contributed by atoms with van der Waals surface area (Å²) in [5, 5.41) is 16.3. The molecular formula is C18H26F2IN3O. The van der Waals surface area contributed by atoms with E-state index in [1.165, 1.54) is 18.2 Å². The molecule has 3 rings (SSSR count). The number of hydrogen-bond donors (Lipinski definition) is 3. The highest BCUT2D eigenvalue weighted by Gasteiger charge is 2.42. The van der Waals surface area contributed by atoms with Gasteiger partial charge in [0.05, 0.1) is 6.10 Å². The minimum Gasteiger partial charge on any atom is -0.393 e. The predicted molar refractivity (Wildman–Crippen MR) is 105 cm³/mol. The average Bonchev–Trinajstić information content (AvgIpc) is 3.28. The molecule has 2 aliphatic carbocycles. The Bertz CT molecular complexity index is 586. The van der Waals surface area contributed by atoms with E-state index in [1.807, 2.05) is 6.92 Å². The van der Waals surface area contributed by atoms with Crippen molar-refractivity contribution in [3.8, 4) is 0 Å². The Morgan fingerprint density at radius 3 is 2.40 bits per heavy atom. The monoisotopic (exact) mass is 465 g/mol. The zero-order valence-electron chi connectivity index (χ0n) is 14.3. The van der Waals surface area contributed by atoms with Crippen molar-refractivity contribution >= 4 is 29.9 Å². The van der Waals surface area contributed by atoms with Crippen LogP contribution in [0.3, 0.4) is 0 Å². The second-order valence-corrected chi connectivity index (χ2v) is 6.70. The van der Waals surface area contributed by atoms with Crippen molar-refractivity contribution in [3.05, 3.63) is 35.4 Å². The number of hydrogen-bond acceptors (Lipinski definition) is 2. The lowest BCUT2D eigenvalue weighted by atomic mass is 9.93. The minimum atomic E-state index is -0.479. The van der Waals surface area contributed by atoms with Gasteiger partial charge in [-0.25, -0.2) is 8.78 Å². The lowest BCUT2D eigenvalue weighted by Gasteiger charge is -2.27. The standard InChI is InChI=1S/C18H25F2N3O.HI/c1-2-21-18(22-11-6-8-12(24)9-7-11)23-16-10-13(16)17-14(19)4-3-5-15(17)20;/h3-5,11-13,16,24H,2,6-10H2,1H3,(H2,21,22,23);1H. The number of nitrogens with zero attached hydrogens (tertiary/aromatic N) is 1. The Balaban J connectivity index is 0.00000225. The smallest absolute Gasteiger partial charge is 0.191 e. The first kappa shape index (κ1) is 20.4. The summed E-state index contributed by atoms with van der Waals surface area (Å²) >= 11 is 0. The van der Waals surface area contributed by atoms with Crippen LogP contribution >= 0.6 is 24.0 Å². The number of halogens is 3. The highest BCUT2D eigenvalue weighted by molar-refractivity contribution is 14.0. The molecule has 0 radical (unpaired) electrons. The number of aliphatic hydroxyl groups is 1. The summed E-state index contributed by atoms with van der Waals surface area (Å²) in [6, 6.07) is 4.29. The van der Waals surface area contributed by atoms with E-state index in [4.69, 9.17) is 0 Å². The second kappa shape index (κ2) is 9.12. The molecule has 2 unspecified atom stereocenters. The van der Waals surface area contributed by atoms with Crippen molar-refractivity contribution in [2.45, 2.75) is 63.1 Å². The normalized spacial score (nSPS) is 28.9. The van der Waals surface area contributed by atoms with E-state index in [1.54, 1.807) is 0 Å². The number of rotatable bonds is 4. The SMILES string of the molecule is CCN=C(NC1CCC(O)CC1)NC1CC1c1c(F)cccc1F.I. The molecule has 1 aromatic rings. The highest BCUT2D eigenvalue weighted by Crippen LogP contribution is 2.43. The van der Waals surface area contributed by atoms with Crippen LogP contribution in [-0.2, 0) is 0 Å². The van der Waals surface area contributed by atoms with Crippen molar-refractivity contribution in [3.63, 3.8) is 0 Å². The molecule has 0 aromatic heterocycles. The van der Waals surface area contributed by atoms with Crippen LogP contribution in [0.25, 0.3) is 0 Å². The molecule has 3 N–H and O–H groups in total. The summed E-state index contributed by atoms with van der Waals surface area (Å²) in [6.45, 7) is 2.59. The third-order valence-corrected chi connectivity index (χ3v) is 4.84. The highest BCUT2D eigenvalue weighted by atomic mass is 127. The van der Waals surface area contributed by atoms with Gasteiger partial charge in [-0.05, 0) is 51.2 Å². The fourth-order valence-electron chi connectivity index (χ4n) is 3.42. The van der Waals surface area contributed by atoms with Gasteiger partial charge in [0.15, 0.2) is 5.96 Å². The molecule has 0 spiro atoms. The molecule has 0 amide bonds. The van der Waals surface area contributed by atoms with Crippen LogP contribution in [0, 0.1) is 11.6 Å². The number of aliphatic imine (C=N–C) groups is 1. The van der Waals surface area contributed by atoms with Crippen molar-refractivity contribution in [1.29, 1.82) is 0 Å². The summed E-state index contributed by atoms with van der Waals surface area (Å²) in [4.78, 5) is 4.43. The number of nitrogens with one attached hydrogen (secondary N) is 2. The molecule has 2 saturated carbocycles. The maximum absolute atomic E-state index is 13.9. The molecule has 0 aliphatic heterocycles. The quantitative estimate of drug-likeness (QED) is 0.364. The molecule has 0 bridgehead atoms. The van der Waals surface area contributed by atoms with E-state index < -0.39 is 11.6 Å². The molecule has 140 valence electrons. The third-order valence-electron chi connectivity index (χ3n) is 4.84. The van der Waals surface area contributed by atoms with Crippen LogP contribution in [0.1, 0.15) is 50.5 Å². The van der Waals surface area contributed by atoms with E-state index in [2.05, 4.69) is 15.6 Å². The first-order valence-corrected chi connectivity index (χ1v) is 8.78. The van der Waals surface area contributed by atoms with E-state index in [0.717, 1.165) is 25.7 Å². The van der Waals surface area contributed by atoms with Crippen LogP contribution in [0.5, 0.6) is 0 Å². The maximum atomic E-state index is 13.9. The van der Waals surface area contributed by atoms with Crippen molar-refractivity contribution in [1.82, 2.24) is 10.6 Å². The number of benzene rings is 1. The predicted octanol–water partition coefficient (Wildman–Crippen LogP) is 3.30. The number of aliphatic hydroxyl groups excluding tert-OH is 1. The van der Waals surface area contributed by atoms with Crippen molar-refractivity contribution < 1.29 is 13.9 Å². The molecule has 2 fully saturated rings. The second-order valence-electron chi connectivity index (χ2n) is 6.70. The van der Waals surface area contributed by atoms with E-state index in [0.29, 0.717) is 18.9 Å². The lowest BCUT2D eigenvalue weighted by Crippen LogP contribution is -2.46. The lowest BCUT2D eigenvalue weighted by molar-refractivity contribution is 0.120. The largest absolute Gasteiger partial charge is 0.393 e. The van der Waals surface area contributed by atoms with Crippen LogP contribution < -0.4 is 10.6 Å². The Morgan fingerprint density at radius 1 is 1.16 bits per heavy atom. The number of guanidine groups is 1. The fraction of sp³-hybridized carbons (Fsp3) is 0.611. The molecule has 2 aliphatic rings. The summed E-state index contributed by atoms with van der Waals surface area (Å²) in [5.74, 6) is -0.411. The molecular weight excluding hydrogens is 439 g/mol. The Morgan fingerprint density at radius 2 is 1.80 bits per heavy atom. The van der Waals surface area contributed by atoms with Crippen LogP contribution in [0.4, 0.5) is 8.78 Å². The van der Waals surface area contributed by atoms with Gasteiger partial charge in [-0.1, -0.05) is 6.07 Å². The van der Waals surface area contributed by atoms with Gasteiger partial charge in [0.2, 0.25) is 0 Å². The Kier molecular flexibility index (Phi) is 7.42. The van der Waals surface area contributed by atoms with Gasteiger partial charge >= 0.3 is 0 Å². The average molecular weight is 465 g/mol. The topological polar surface area (TPSA) is 56.7 Å². The van der Waals surface area contributed by atoms with Gasteiger partial charge in [-0.15, -0.1) is 24.0 Å². The molecule has 25 heavy (non-hydrogen) atoms. The minimum absolute atomic E-state index is 0. The molecule has 2 atom stereocenters. The van der Waals surface area contributed by atoms with Crippen LogP contribution in [0.15, 0.2) is 23.2 Å². The molecule has 1 aromatic carbocycles. The summed E-state index contributed by atoms with van der Waals surface area (Å²) in [5.41, 5.74) is 0.173. The fourth-order valence-corrected chi connectivity index (χ4v) is 3.42. The zero-order valence-corrected chi connectivity index (χ0v) is 16.7. The van der Waals surface area contributed by atoms with Gasteiger partial charge in [0.25, 0.3) is 0 Å². The zero-order chi connectivity index (χ0) is 17.1. The Hall–Kier alpha value is -0.960. The molecule has 7 heteroatoms. The summed E-state index contributed by atoms with van der Waals surface area (Å²) in [6.07, 6.45) is 3.90. The van der Waals surface area contributed by atoms with Gasteiger partial charge in [-0.2, -0.15) is 0 Å². The van der Waals surface area contributed by atoms with Crippen LogP contribution in [0.2, 0.25) is 0 Å². The maximum Gasteiger partial charge on any atom is 0.191 e. The first-order valence-electron chi connectivity index (χ1n) is 8.78. The van der Waals surface area contributed by atoms with Gasteiger partial charge in [0.1, 0.15) is 11.6 Å². The molecule has 0 heterocycles. The van der Waals surface area contributed by atoms with Gasteiger partial charge < -0.3 is 15.7 Å². The van der Waals surface area contributed by atoms with E-state index in [9.17, 15) is 13.9 Å². The third kappa shape index (κ3) is 5.26. The summed E-state index contributed by atoms with van der Waals surface area (Å²) in [7, 11) is 0. The first-order chi connectivity index (χ1) is 11.6. The van der Waals surface area contributed by atoms with Crippen molar-refractivity contribution in [2.24, 2.45) is 4.99 Å². The molecule has 4 nitrogen and oxygen atoms in total. The molecule has 0 saturated heterocycles. The Labute approximate surface area is 164 Å². The van der Waals surface area contributed by atoms with Gasteiger partial charge in [-0.3, -0.25) is 4.99 Å². The van der Waals surface area contributed by atoms with Crippen LogP contribution in [-0.4, -0.2) is 35.8 Å². The van der Waals surface area contributed by atoms with E-state index in [-0.39, 0.29) is 53.6 Å². The van der Waals surface area contributed by atoms with E-state index >= 15 is 0 Å².